The van der Waals surface area contributed by atoms with E-state index in [0.29, 0.717) is 6.54 Å². The van der Waals surface area contributed by atoms with Crippen molar-refractivity contribution in [2.24, 2.45) is 5.41 Å². The lowest BCUT2D eigenvalue weighted by molar-refractivity contribution is -0.126. The van der Waals surface area contributed by atoms with E-state index in [0.717, 1.165) is 6.54 Å². The highest BCUT2D eigenvalue weighted by Crippen LogP contribution is 2.12. The number of nitriles is 1. The third-order valence-corrected chi connectivity index (χ3v) is 2.17. The molecule has 80 valence electrons. The van der Waals surface area contributed by atoms with Crippen LogP contribution in [0.2, 0.25) is 0 Å². The number of amides is 1. The van der Waals surface area contributed by atoms with Gasteiger partial charge in [-0.1, -0.05) is 0 Å². The molecule has 0 bridgehead atoms. The van der Waals surface area contributed by atoms with Gasteiger partial charge in [0.2, 0.25) is 5.91 Å². The van der Waals surface area contributed by atoms with Gasteiger partial charge in [-0.2, -0.15) is 5.26 Å². The van der Waals surface area contributed by atoms with Crippen LogP contribution in [0, 0.1) is 16.7 Å². The van der Waals surface area contributed by atoms with E-state index in [1.165, 1.54) is 0 Å². The van der Waals surface area contributed by atoms with Gasteiger partial charge in [0.05, 0.1) is 6.07 Å². The molecule has 0 fully saturated rings. The Bertz CT molecular complexity index is 360. The third-order valence-electron chi connectivity index (χ3n) is 2.17. The monoisotopic (exact) mass is 205 g/mol. The Morgan fingerprint density at radius 3 is 2.60 bits per heavy atom. The van der Waals surface area contributed by atoms with Crippen LogP contribution in [0.1, 0.15) is 13.8 Å². The Kier molecular flexibility index (Phi) is 3.51. The van der Waals surface area contributed by atoms with E-state index in [1.807, 2.05) is 35.2 Å². The minimum atomic E-state index is -0.948. The van der Waals surface area contributed by atoms with Crippen molar-refractivity contribution >= 4 is 5.91 Å². The largest absolute Gasteiger partial charge is 0.353 e. The van der Waals surface area contributed by atoms with Crippen molar-refractivity contribution in [2.75, 3.05) is 6.54 Å². The molecule has 1 heterocycles. The summed E-state index contributed by atoms with van der Waals surface area (Å²) in [6, 6.07) is 5.83. The van der Waals surface area contributed by atoms with Crippen molar-refractivity contribution in [3.63, 3.8) is 0 Å². The molecular formula is C11H15N3O. The van der Waals surface area contributed by atoms with Crippen LogP contribution in [0.25, 0.3) is 0 Å². The highest BCUT2D eigenvalue weighted by molar-refractivity contribution is 5.84. The summed E-state index contributed by atoms with van der Waals surface area (Å²) in [4.78, 5) is 11.5. The summed E-state index contributed by atoms with van der Waals surface area (Å²) in [6.07, 6.45) is 3.86. The Morgan fingerprint density at radius 2 is 2.07 bits per heavy atom. The summed E-state index contributed by atoms with van der Waals surface area (Å²) in [5.41, 5.74) is -0.948. The van der Waals surface area contributed by atoms with E-state index in [2.05, 4.69) is 5.32 Å². The van der Waals surface area contributed by atoms with Crippen LogP contribution < -0.4 is 5.32 Å². The second kappa shape index (κ2) is 4.65. The van der Waals surface area contributed by atoms with Gasteiger partial charge in [0, 0.05) is 25.5 Å². The van der Waals surface area contributed by atoms with Crippen LogP contribution in [0.3, 0.4) is 0 Å². The maximum Gasteiger partial charge on any atom is 0.239 e. The summed E-state index contributed by atoms with van der Waals surface area (Å²) in [7, 11) is 0. The maximum atomic E-state index is 11.5. The van der Waals surface area contributed by atoms with E-state index in [9.17, 15) is 4.79 Å². The molecule has 4 nitrogen and oxygen atoms in total. The quantitative estimate of drug-likeness (QED) is 0.801. The molecule has 0 radical (unpaired) electrons. The standard InChI is InChI=1S/C11H15N3O/c1-11(2,9-12)10(15)13-5-8-14-6-3-4-7-14/h3-4,6-7H,5,8H2,1-2H3,(H,13,15). The summed E-state index contributed by atoms with van der Waals surface area (Å²) in [5, 5.41) is 11.5. The van der Waals surface area contributed by atoms with Crippen LogP contribution in [0.15, 0.2) is 24.5 Å². The maximum absolute atomic E-state index is 11.5. The zero-order chi connectivity index (χ0) is 11.3. The molecule has 1 N–H and O–H groups in total. The Morgan fingerprint density at radius 1 is 1.47 bits per heavy atom. The number of carbonyl (C=O) groups excluding carboxylic acids is 1. The average Bonchev–Trinajstić information content (AvgIpc) is 2.70. The van der Waals surface area contributed by atoms with Crippen LogP contribution in [0.5, 0.6) is 0 Å². The molecule has 0 saturated carbocycles. The molecule has 0 aliphatic heterocycles. The summed E-state index contributed by atoms with van der Waals surface area (Å²) >= 11 is 0. The lowest BCUT2D eigenvalue weighted by Gasteiger charge is -2.14. The molecule has 0 atom stereocenters. The molecule has 0 spiro atoms. The second-order valence-electron chi connectivity index (χ2n) is 3.91. The lowest BCUT2D eigenvalue weighted by Crippen LogP contribution is -2.37. The van der Waals surface area contributed by atoms with Gasteiger partial charge in [-0.3, -0.25) is 4.79 Å². The Labute approximate surface area is 89.5 Å². The molecule has 1 amide bonds. The number of aromatic nitrogens is 1. The second-order valence-corrected chi connectivity index (χ2v) is 3.91. The smallest absolute Gasteiger partial charge is 0.239 e. The van der Waals surface area contributed by atoms with Gasteiger partial charge in [0.15, 0.2) is 0 Å². The molecule has 0 aromatic carbocycles. The fourth-order valence-corrected chi connectivity index (χ4v) is 1.09. The summed E-state index contributed by atoms with van der Waals surface area (Å²) in [6.45, 7) is 4.48. The normalized spacial score (nSPS) is 10.7. The number of hydrogen-bond acceptors (Lipinski definition) is 2. The number of hydrogen-bond donors (Lipinski definition) is 1. The number of rotatable bonds is 4. The van der Waals surface area contributed by atoms with Gasteiger partial charge in [-0.15, -0.1) is 0 Å². The Hall–Kier alpha value is -1.76. The average molecular weight is 205 g/mol. The summed E-state index contributed by atoms with van der Waals surface area (Å²) in [5.74, 6) is -0.225. The van der Waals surface area contributed by atoms with E-state index < -0.39 is 5.41 Å². The molecule has 15 heavy (non-hydrogen) atoms. The number of nitrogens with zero attached hydrogens (tertiary/aromatic N) is 2. The first-order chi connectivity index (χ1) is 7.06. The van der Waals surface area contributed by atoms with E-state index in [1.54, 1.807) is 13.8 Å². The van der Waals surface area contributed by atoms with Gasteiger partial charge in [0.25, 0.3) is 0 Å². The van der Waals surface area contributed by atoms with Gasteiger partial charge in [0.1, 0.15) is 5.41 Å². The molecular weight excluding hydrogens is 190 g/mol. The number of carbonyl (C=O) groups is 1. The van der Waals surface area contributed by atoms with Crippen LogP contribution in [-0.2, 0) is 11.3 Å². The number of nitrogens with one attached hydrogen (secondary N) is 1. The molecule has 0 aliphatic rings. The van der Waals surface area contributed by atoms with Gasteiger partial charge in [-0.25, -0.2) is 0 Å². The molecule has 1 aromatic heterocycles. The zero-order valence-electron chi connectivity index (χ0n) is 9.03. The van der Waals surface area contributed by atoms with Crippen molar-refractivity contribution in [3.05, 3.63) is 24.5 Å². The Balaban J connectivity index is 2.33. The molecule has 0 aliphatic carbocycles. The van der Waals surface area contributed by atoms with Gasteiger partial charge >= 0.3 is 0 Å². The van der Waals surface area contributed by atoms with Crippen LogP contribution in [-0.4, -0.2) is 17.0 Å². The molecule has 0 unspecified atom stereocenters. The van der Waals surface area contributed by atoms with Crippen molar-refractivity contribution < 1.29 is 4.79 Å². The van der Waals surface area contributed by atoms with Crippen LogP contribution in [0.4, 0.5) is 0 Å². The fourth-order valence-electron chi connectivity index (χ4n) is 1.09. The first kappa shape index (κ1) is 11.3. The lowest BCUT2D eigenvalue weighted by atomic mass is 9.95. The SMILES string of the molecule is CC(C)(C#N)C(=O)NCCn1cccc1. The molecule has 4 heteroatoms. The highest BCUT2D eigenvalue weighted by Gasteiger charge is 2.26. The van der Waals surface area contributed by atoms with Gasteiger partial charge in [-0.05, 0) is 26.0 Å². The highest BCUT2D eigenvalue weighted by atomic mass is 16.2. The minimum Gasteiger partial charge on any atom is -0.353 e. The van der Waals surface area contributed by atoms with E-state index in [-0.39, 0.29) is 5.91 Å². The van der Waals surface area contributed by atoms with Crippen molar-refractivity contribution in [2.45, 2.75) is 20.4 Å². The van der Waals surface area contributed by atoms with Gasteiger partial charge < -0.3 is 9.88 Å². The van der Waals surface area contributed by atoms with Crippen molar-refractivity contribution in [1.82, 2.24) is 9.88 Å². The third kappa shape index (κ3) is 3.13. The first-order valence-corrected chi connectivity index (χ1v) is 4.86. The molecule has 1 rings (SSSR count). The fraction of sp³-hybridized carbons (Fsp3) is 0.455. The first-order valence-electron chi connectivity index (χ1n) is 4.86. The predicted molar refractivity (Wildman–Crippen MR) is 56.8 cm³/mol. The van der Waals surface area contributed by atoms with Crippen LogP contribution >= 0.6 is 0 Å². The van der Waals surface area contributed by atoms with E-state index in [4.69, 9.17) is 5.26 Å². The molecule has 0 saturated heterocycles. The molecule has 1 aromatic rings. The minimum absolute atomic E-state index is 0.225. The predicted octanol–water partition coefficient (Wildman–Crippen LogP) is 1.15. The topological polar surface area (TPSA) is 57.8 Å². The summed E-state index contributed by atoms with van der Waals surface area (Å²) < 4.78 is 1.97. The van der Waals surface area contributed by atoms with Crippen molar-refractivity contribution in [3.8, 4) is 6.07 Å². The van der Waals surface area contributed by atoms with Crippen molar-refractivity contribution in [1.29, 1.82) is 5.26 Å². The zero-order valence-corrected chi connectivity index (χ0v) is 9.03. The van der Waals surface area contributed by atoms with E-state index >= 15 is 0 Å².